The first-order valence-electron chi connectivity index (χ1n) is 7.82. The van der Waals surface area contributed by atoms with E-state index >= 15 is 0 Å². The molecule has 0 spiro atoms. The molecule has 3 amide bonds. The highest BCUT2D eigenvalue weighted by Gasteiger charge is 2.22. The van der Waals surface area contributed by atoms with Crippen molar-refractivity contribution < 1.29 is 14.3 Å². The van der Waals surface area contributed by atoms with Crippen LogP contribution in [0.2, 0.25) is 0 Å². The van der Waals surface area contributed by atoms with Crippen LogP contribution in [0.3, 0.4) is 0 Å². The van der Waals surface area contributed by atoms with Gasteiger partial charge in [-0.3, -0.25) is 9.69 Å². The number of carbonyl (C=O) groups is 2. The molecule has 2 aliphatic heterocycles. The predicted molar refractivity (Wildman–Crippen MR) is 79.1 cm³/mol. The quantitative estimate of drug-likeness (QED) is 0.726. The average molecular weight is 298 g/mol. The molecule has 2 aliphatic rings. The molecule has 0 aromatic rings. The molecule has 0 radical (unpaired) electrons. The minimum Gasteiger partial charge on any atom is -0.376 e. The van der Waals surface area contributed by atoms with E-state index in [2.05, 4.69) is 15.5 Å². The lowest BCUT2D eigenvalue weighted by Crippen LogP contribution is -2.53. The van der Waals surface area contributed by atoms with Crippen molar-refractivity contribution in [3.05, 3.63) is 0 Å². The van der Waals surface area contributed by atoms with Crippen LogP contribution in [0.5, 0.6) is 0 Å². The standard InChI is InChI=1S/C14H26N4O3/c1-2-15-14(20)18-7-5-17(6-8-18)11-13(19)16-10-12-4-3-9-21-12/h12H,2-11H2,1H3,(H,15,20)(H,16,19). The molecule has 2 rings (SSSR count). The normalized spacial score (nSPS) is 23.1. The number of carbonyl (C=O) groups excluding carboxylic acids is 2. The largest absolute Gasteiger partial charge is 0.376 e. The molecule has 0 aromatic carbocycles. The van der Waals surface area contributed by atoms with Crippen molar-refractivity contribution in [3.63, 3.8) is 0 Å². The molecule has 2 saturated heterocycles. The molecule has 2 fully saturated rings. The van der Waals surface area contributed by atoms with Crippen LogP contribution in [0.25, 0.3) is 0 Å². The molecule has 7 heteroatoms. The van der Waals surface area contributed by atoms with Crippen LogP contribution in [-0.2, 0) is 9.53 Å². The van der Waals surface area contributed by atoms with Gasteiger partial charge in [0, 0.05) is 45.9 Å². The Kier molecular flexibility index (Phi) is 6.25. The molecule has 0 saturated carbocycles. The zero-order valence-electron chi connectivity index (χ0n) is 12.8. The van der Waals surface area contributed by atoms with E-state index in [-0.39, 0.29) is 18.0 Å². The van der Waals surface area contributed by atoms with Crippen molar-refractivity contribution in [2.24, 2.45) is 0 Å². The molecule has 7 nitrogen and oxygen atoms in total. The summed E-state index contributed by atoms with van der Waals surface area (Å²) in [5.41, 5.74) is 0. The molecule has 0 aromatic heterocycles. The summed E-state index contributed by atoms with van der Waals surface area (Å²) in [5, 5.41) is 5.73. The summed E-state index contributed by atoms with van der Waals surface area (Å²) in [4.78, 5) is 27.4. The molecule has 1 unspecified atom stereocenters. The Balaban J connectivity index is 1.61. The Bertz CT molecular complexity index is 350. The van der Waals surface area contributed by atoms with Crippen molar-refractivity contribution in [1.82, 2.24) is 20.4 Å². The van der Waals surface area contributed by atoms with Gasteiger partial charge in [0.05, 0.1) is 12.6 Å². The molecule has 120 valence electrons. The first-order valence-corrected chi connectivity index (χ1v) is 7.82. The van der Waals surface area contributed by atoms with Gasteiger partial charge >= 0.3 is 6.03 Å². The number of hydrogen-bond acceptors (Lipinski definition) is 4. The van der Waals surface area contributed by atoms with Gasteiger partial charge in [-0.1, -0.05) is 0 Å². The highest BCUT2D eigenvalue weighted by molar-refractivity contribution is 5.78. The van der Waals surface area contributed by atoms with Gasteiger partial charge in [0.15, 0.2) is 0 Å². The van der Waals surface area contributed by atoms with Crippen molar-refractivity contribution in [3.8, 4) is 0 Å². The number of hydrogen-bond donors (Lipinski definition) is 2. The molecular formula is C14H26N4O3. The van der Waals surface area contributed by atoms with E-state index in [0.717, 1.165) is 32.5 Å². The zero-order chi connectivity index (χ0) is 15.1. The Labute approximate surface area is 126 Å². The summed E-state index contributed by atoms with van der Waals surface area (Å²) in [7, 11) is 0. The van der Waals surface area contributed by atoms with Crippen LogP contribution in [0, 0.1) is 0 Å². The average Bonchev–Trinajstić information content (AvgIpc) is 2.99. The SMILES string of the molecule is CCNC(=O)N1CCN(CC(=O)NCC2CCCO2)CC1. The number of ether oxygens (including phenoxy) is 1. The summed E-state index contributed by atoms with van der Waals surface area (Å²) in [6, 6.07) is -0.0139. The first-order chi connectivity index (χ1) is 10.2. The lowest BCUT2D eigenvalue weighted by Gasteiger charge is -2.34. The second kappa shape index (κ2) is 8.19. The Morgan fingerprint density at radius 1 is 1.19 bits per heavy atom. The van der Waals surface area contributed by atoms with Gasteiger partial charge < -0.3 is 20.3 Å². The predicted octanol–water partition coefficient (Wildman–Crippen LogP) is -0.371. The summed E-state index contributed by atoms with van der Waals surface area (Å²) >= 11 is 0. The Morgan fingerprint density at radius 3 is 2.57 bits per heavy atom. The van der Waals surface area contributed by atoms with Gasteiger partial charge in [0.2, 0.25) is 5.91 Å². The third-order valence-electron chi connectivity index (χ3n) is 3.91. The number of amides is 3. The minimum atomic E-state index is -0.0139. The van der Waals surface area contributed by atoms with Gasteiger partial charge in [-0.15, -0.1) is 0 Å². The van der Waals surface area contributed by atoms with E-state index in [1.54, 1.807) is 4.90 Å². The second-order valence-electron chi connectivity index (χ2n) is 5.54. The fraction of sp³-hybridized carbons (Fsp3) is 0.857. The third kappa shape index (κ3) is 5.17. The number of urea groups is 1. The summed E-state index contributed by atoms with van der Waals surface area (Å²) in [6.45, 7) is 7.19. The van der Waals surface area contributed by atoms with E-state index in [4.69, 9.17) is 4.74 Å². The molecule has 1 atom stereocenters. The van der Waals surface area contributed by atoms with Crippen LogP contribution < -0.4 is 10.6 Å². The maximum atomic E-state index is 11.9. The van der Waals surface area contributed by atoms with E-state index in [1.165, 1.54) is 0 Å². The van der Waals surface area contributed by atoms with Gasteiger partial charge in [0.1, 0.15) is 0 Å². The first kappa shape index (κ1) is 16.0. The van der Waals surface area contributed by atoms with Crippen LogP contribution in [0.4, 0.5) is 4.79 Å². The van der Waals surface area contributed by atoms with Gasteiger partial charge in [0.25, 0.3) is 0 Å². The molecule has 21 heavy (non-hydrogen) atoms. The molecule has 0 bridgehead atoms. The smallest absolute Gasteiger partial charge is 0.317 e. The second-order valence-corrected chi connectivity index (χ2v) is 5.54. The van der Waals surface area contributed by atoms with E-state index in [1.807, 2.05) is 6.92 Å². The summed E-state index contributed by atoms with van der Waals surface area (Å²) < 4.78 is 5.48. The molecule has 2 heterocycles. The monoisotopic (exact) mass is 298 g/mol. The zero-order valence-corrected chi connectivity index (χ0v) is 12.8. The summed E-state index contributed by atoms with van der Waals surface area (Å²) in [5.74, 6) is 0.0389. The van der Waals surface area contributed by atoms with Crippen molar-refractivity contribution in [2.45, 2.75) is 25.9 Å². The lowest BCUT2D eigenvalue weighted by molar-refractivity contribution is -0.123. The lowest BCUT2D eigenvalue weighted by atomic mass is 10.2. The minimum absolute atomic E-state index is 0.0139. The highest BCUT2D eigenvalue weighted by Crippen LogP contribution is 2.10. The topological polar surface area (TPSA) is 73.9 Å². The van der Waals surface area contributed by atoms with Crippen molar-refractivity contribution in [2.75, 3.05) is 52.4 Å². The van der Waals surface area contributed by atoms with Crippen LogP contribution in [0.1, 0.15) is 19.8 Å². The fourth-order valence-electron chi connectivity index (χ4n) is 2.66. The maximum absolute atomic E-state index is 11.9. The van der Waals surface area contributed by atoms with E-state index in [0.29, 0.717) is 32.7 Å². The Hall–Kier alpha value is -1.34. The third-order valence-corrected chi connectivity index (χ3v) is 3.91. The van der Waals surface area contributed by atoms with Crippen LogP contribution in [-0.4, -0.2) is 80.3 Å². The number of nitrogens with one attached hydrogen (secondary N) is 2. The molecular weight excluding hydrogens is 272 g/mol. The van der Waals surface area contributed by atoms with Crippen molar-refractivity contribution in [1.29, 1.82) is 0 Å². The number of nitrogens with zero attached hydrogens (tertiary/aromatic N) is 2. The Morgan fingerprint density at radius 2 is 1.95 bits per heavy atom. The van der Waals surface area contributed by atoms with Gasteiger partial charge in [-0.2, -0.15) is 0 Å². The van der Waals surface area contributed by atoms with E-state index < -0.39 is 0 Å². The molecule has 0 aliphatic carbocycles. The van der Waals surface area contributed by atoms with Gasteiger partial charge in [-0.05, 0) is 19.8 Å². The van der Waals surface area contributed by atoms with Crippen LogP contribution >= 0.6 is 0 Å². The van der Waals surface area contributed by atoms with Crippen molar-refractivity contribution >= 4 is 11.9 Å². The fourth-order valence-corrected chi connectivity index (χ4v) is 2.66. The van der Waals surface area contributed by atoms with E-state index in [9.17, 15) is 9.59 Å². The number of rotatable bonds is 5. The maximum Gasteiger partial charge on any atom is 0.317 e. The summed E-state index contributed by atoms with van der Waals surface area (Å²) in [6.07, 6.45) is 2.30. The molecule has 2 N–H and O–H groups in total. The van der Waals surface area contributed by atoms with Gasteiger partial charge in [-0.25, -0.2) is 4.79 Å². The highest BCUT2D eigenvalue weighted by atomic mass is 16.5. The van der Waals surface area contributed by atoms with Crippen LogP contribution in [0.15, 0.2) is 0 Å². The number of piperazine rings is 1.